The summed E-state index contributed by atoms with van der Waals surface area (Å²) in [4.78, 5) is 4.54. The number of nitrogens with one attached hydrogen (secondary N) is 1. The van der Waals surface area contributed by atoms with E-state index in [9.17, 15) is 4.39 Å². The molecule has 2 unspecified atom stereocenters. The number of hydrogen-bond donors (Lipinski definition) is 1. The molecule has 0 amide bonds. The van der Waals surface area contributed by atoms with Crippen LogP contribution >= 0.6 is 11.6 Å². The van der Waals surface area contributed by atoms with E-state index < -0.39 is 0 Å². The number of likely N-dealkylation sites (N-methyl/N-ethyl adjacent to an activating group) is 1. The van der Waals surface area contributed by atoms with Crippen molar-refractivity contribution in [2.75, 3.05) is 6.54 Å². The van der Waals surface area contributed by atoms with Crippen molar-refractivity contribution < 1.29 is 4.39 Å². The van der Waals surface area contributed by atoms with Gasteiger partial charge in [-0.2, -0.15) is 0 Å². The third kappa shape index (κ3) is 2.68. The Kier molecular flexibility index (Phi) is 4.22. The number of halogens is 2. The zero-order chi connectivity index (χ0) is 14.8. The van der Waals surface area contributed by atoms with Crippen LogP contribution in [0.1, 0.15) is 42.1 Å². The van der Waals surface area contributed by atoms with Crippen LogP contribution < -0.4 is 5.32 Å². The van der Waals surface area contributed by atoms with Crippen LogP contribution in [-0.2, 0) is 6.42 Å². The molecule has 1 aliphatic carbocycles. The van der Waals surface area contributed by atoms with Gasteiger partial charge >= 0.3 is 0 Å². The molecule has 1 heterocycles. The molecule has 0 fully saturated rings. The number of rotatable bonds is 4. The fourth-order valence-electron chi connectivity index (χ4n) is 3.22. The van der Waals surface area contributed by atoms with Crippen LogP contribution in [0.2, 0.25) is 5.02 Å². The van der Waals surface area contributed by atoms with E-state index in [0.29, 0.717) is 0 Å². The molecule has 0 radical (unpaired) electrons. The molecule has 0 saturated heterocycles. The Balaban J connectivity index is 2.02. The molecule has 3 rings (SSSR count). The maximum atomic E-state index is 13.8. The minimum absolute atomic E-state index is 0.00523. The minimum Gasteiger partial charge on any atom is -0.310 e. The number of pyridine rings is 1. The number of aromatic nitrogens is 1. The Morgan fingerprint density at radius 2 is 2.24 bits per heavy atom. The Labute approximate surface area is 129 Å². The van der Waals surface area contributed by atoms with Crippen molar-refractivity contribution in [1.82, 2.24) is 10.3 Å². The summed E-state index contributed by atoms with van der Waals surface area (Å²) in [5.74, 6) is -0.128. The van der Waals surface area contributed by atoms with Crippen LogP contribution in [0.15, 0.2) is 36.5 Å². The van der Waals surface area contributed by atoms with E-state index >= 15 is 0 Å². The van der Waals surface area contributed by atoms with Crippen molar-refractivity contribution in [3.8, 4) is 0 Å². The maximum Gasteiger partial charge on any atom is 0.142 e. The van der Waals surface area contributed by atoms with Crippen LogP contribution in [0.4, 0.5) is 4.39 Å². The molecule has 2 aromatic rings. The molecule has 1 aromatic heterocycles. The molecule has 1 aromatic carbocycles. The van der Waals surface area contributed by atoms with Crippen molar-refractivity contribution in [2.24, 2.45) is 0 Å². The van der Waals surface area contributed by atoms with Gasteiger partial charge in [0.1, 0.15) is 5.82 Å². The first-order chi connectivity index (χ1) is 10.2. The van der Waals surface area contributed by atoms with Gasteiger partial charge in [0.2, 0.25) is 0 Å². The van der Waals surface area contributed by atoms with Gasteiger partial charge in [-0.05, 0) is 42.6 Å². The summed E-state index contributed by atoms with van der Waals surface area (Å²) in [5, 5.41) is 3.67. The smallest absolute Gasteiger partial charge is 0.142 e. The number of aryl methyl sites for hydroxylation is 1. The molecule has 0 saturated carbocycles. The molecule has 4 heteroatoms. The maximum absolute atomic E-state index is 13.8. The predicted octanol–water partition coefficient (Wildman–Crippen LogP) is 4.25. The van der Waals surface area contributed by atoms with Crippen LogP contribution in [0.5, 0.6) is 0 Å². The molecular weight excluding hydrogens is 287 g/mol. The highest BCUT2D eigenvalue weighted by atomic mass is 35.5. The fraction of sp³-hybridized carbons (Fsp3) is 0.353. The van der Waals surface area contributed by atoms with E-state index in [1.165, 1.54) is 11.6 Å². The third-order valence-corrected chi connectivity index (χ3v) is 4.54. The lowest BCUT2D eigenvalue weighted by molar-refractivity contribution is 0.445. The fourth-order valence-corrected chi connectivity index (χ4v) is 3.46. The summed E-state index contributed by atoms with van der Waals surface area (Å²) in [5.41, 5.74) is 3.23. The Morgan fingerprint density at radius 1 is 1.38 bits per heavy atom. The Bertz CT molecular complexity index is 644. The number of hydrogen-bond acceptors (Lipinski definition) is 2. The second kappa shape index (κ2) is 6.12. The number of benzene rings is 1. The van der Waals surface area contributed by atoms with Crippen molar-refractivity contribution in [1.29, 1.82) is 0 Å². The highest BCUT2D eigenvalue weighted by Gasteiger charge is 2.32. The van der Waals surface area contributed by atoms with Crippen LogP contribution in [0.3, 0.4) is 0 Å². The summed E-state index contributed by atoms with van der Waals surface area (Å²) in [7, 11) is 0. The second-order valence-corrected chi connectivity index (χ2v) is 5.75. The molecule has 1 N–H and O–H groups in total. The molecule has 2 atom stereocenters. The van der Waals surface area contributed by atoms with Crippen LogP contribution in [0.25, 0.3) is 0 Å². The lowest BCUT2D eigenvalue weighted by Gasteiger charge is -2.26. The summed E-state index contributed by atoms with van der Waals surface area (Å²) in [6, 6.07) is 9.11. The summed E-state index contributed by atoms with van der Waals surface area (Å²) >= 11 is 6.19. The number of fused-ring (bicyclic) bond motifs is 1. The van der Waals surface area contributed by atoms with E-state index in [0.717, 1.165) is 30.6 Å². The zero-order valence-electron chi connectivity index (χ0n) is 11.9. The van der Waals surface area contributed by atoms with Gasteiger partial charge in [-0.25, -0.2) is 4.39 Å². The van der Waals surface area contributed by atoms with E-state index in [4.69, 9.17) is 11.6 Å². The van der Waals surface area contributed by atoms with Gasteiger partial charge in [-0.3, -0.25) is 4.98 Å². The standard InChI is InChI=1S/C17H18ClFN2/c1-2-20-17(12-6-3-7-14(19)15(12)18)13-9-8-11-5-4-10-21-16(11)13/h3-7,10,13,17,20H,2,8-9H2,1H3. The Hall–Kier alpha value is -1.45. The summed E-state index contributed by atoms with van der Waals surface area (Å²) < 4.78 is 13.8. The average Bonchev–Trinajstić information content (AvgIpc) is 2.92. The molecule has 21 heavy (non-hydrogen) atoms. The van der Waals surface area contributed by atoms with Crippen molar-refractivity contribution in [3.63, 3.8) is 0 Å². The van der Waals surface area contributed by atoms with E-state index in [1.807, 2.05) is 18.3 Å². The van der Waals surface area contributed by atoms with Gasteiger partial charge in [0.25, 0.3) is 0 Å². The van der Waals surface area contributed by atoms with Crippen molar-refractivity contribution >= 4 is 11.6 Å². The largest absolute Gasteiger partial charge is 0.310 e. The van der Waals surface area contributed by atoms with Crippen molar-refractivity contribution in [3.05, 3.63) is 64.2 Å². The molecular formula is C17H18ClFN2. The van der Waals surface area contributed by atoms with Gasteiger partial charge in [0, 0.05) is 23.9 Å². The van der Waals surface area contributed by atoms with Gasteiger partial charge < -0.3 is 5.32 Å². The van der Waals surface area contributed by atoms with Gasteiger partial charge in [0.15, 0.2) is 0 Å². The van der Waals surface area contributed by atoms with Crippen LogP contribution in [0, 0.1) is 5.82 Å². The lowest BCUT2D eigenvalue weighted by Crippen LogP contribution is -2.27. The third-order valence-electron chi connectivity index (χ3n) is 4.14. The molecule has 0 spiro atoms. The first-order valence-corrected chi connectivity index (χ1v) is 7.71. The second-order valence-electron chi connectivity index (χ2n) is 5.37. The van der Waals surface area contributed by atoms with E-state index in [2.05, 4.69) is 23.3 Å². The van der Waals surface area contributed by atoms with Gasteiger partial charge in [-0.1, -0.05) is 36.7 Å². The Morgan fingerprint density at radius 3 is 3.05 bits per heavy atom. The minimum atomic E-state index is -0.365. The molecule has 110 valence electrons. The lowest BCUT2D eigenvalue weighted by atomic mass is 9.90. The first kappa shape index (κ1) is 14.5. The SMILES string of the molecule is CCNC(c1cccc(F)c1Cl)C1CCc2cccnc21. The summed E-state index contributed by atoms with van der Waals surface area (Å²) in [6.07, 6.45) is 3.85. The van der Waals surface area contributed by atoms with E-state index in [1.54, 1.807) is 6.07 Å². The highest BCUT2D eigenvalue weighted by Crippen LogP contribution is 2.42. The predicted molar refractivity (Wildman–Crippen MR) is 83.1 cm³/mol. The van der Waals surface area contributed by atoms with E-state index in [-0.39, 0.29) is 22.8 Å². The molecule has 0 aliphatic heterocycles. The van der Waals surface area contributed by atoms with Gasteiger partial charge in [-0.15, -0.1) is 0 Å². The van der Waals surface area contributed by atoms with Crippen LogP contribution in [-0.4, -0.2) is 11.5 Å². The summed E-state index contributed by atoms with van der Waals surface area (Å²) in [6.45, 7) is 2.85. The van der Waals surface area contributed by atoms with Gasteiger partial charge in [0.05, 0.1) is 5.02 Å². The quantitative estimate of drug-likeness (QED) is 0.913. The molecule has 1 aliphatic rings. The average molecular weight is 305 g/mol. The number of nitrogens with zero attached hydrogens (tertiary/aromatic N) is 1. The topological polar surface area (TPSA) is 24.9 Å². The molecule has 2 nitrogen and oxygen atoms in total. The monoisotopic (exact) mass is 304 g/mol. The zero-order valence-corrected chi connectivity index (χ0v) is 12.7. The highest BCUT2D eigenvalue weighted by molar-refractivity contribution is 6.31. The first-order valence-electron chi connectivity index (χ1n) is 7.33. The molecule has 0 bridgehead atoms. The normalized spacial score (nSPS) is 18.5. The van der Waals surface area contributed by atoms with Crippen molar-refractivity contribution in [2.45, 2.75) is 31.7 Å².